The van der Waals surface area contributed by atoms with Crippen LogP contribution in [0.5, 0.6) is 0 Å². The summed E-state index contributed by atoms with van der Waals surface area (Å²) in [5, 5.41) is 3.56. The molecule has 3 heteroatoms. The summed E-state index contributed by atoms with van der Waals surface area (Å²) in [6.45, 7) is 3.84. The highest BCUT2D eigenvalue weighted by Gasteiger charge is 2.18. The van der Waals surface area contributed by atoms with E-state index < -0.39 is 5.54 Å². The van der Waals surface area contributed by atoms with Crippen molar-refractivity contribution in [1.29, 1.82) is 5.53 Å². The quantitative estimate of drug-likeness (QED) is 0.747. The van der Waals surface area contributed by atoms with Gasteiger partial charge in [0.15, 0.2) is 0 Å². The second-order valence-corrected chi connectivity index (χ2v) is 4.09. The molecule has 0 heterocycles. The average molecular weight is 227 g/mol. The molecule has 1 N–H and O–H groups in total. The number of nitrogens with zero attached hydrogens (tertiary/aromatic N) is 1. The van der Waals surface area contributed by atoms with Gasteiger partial charge in [-0.25, -0.2) is 5.53 Å². The summed E-state index contributed by atoms with van der Waals surface area (Å²) in [7, 11) is 0. The van der Waals surface area contributed by atoms with E-state index >= 15 is 0 Å². The zero-order valence-electron chi connectivity index (χ0n) is 7.13. The van der Waals surface area contributed by atoms with E-state index in [-0.39, 0.29) is 0 Å². The highest BCUT2D eigenvalue weighted by Crippen LogP contribution is 2.25. The minimum absolute atomic E-state index is 0.402. The molecule has 0 atom stereocenters. The number of hydrogen-bond donors (Lipinski definition) is 1. The van der Waals surface area contributed by atoms with Gasteiger partial charge in [-0.1, -0.05) is 28.1 Å². The van der Waals surface area contributed by atoms with Gasteiger partial charge in [-0.3, -0.25) is 0 Å². The lowest BCUT2D eigenvalue weighted by molar-refractivity contribution is 0.511. The monoisotopic (exact) mass is 226 g/mol. The SMILES string of the molecule is CC(C)(N=N)c1ccc(Br)cc1. The lowest BCUT2D eigenvalue weighted by Crippen LogP contribution is -2.11. The van der Waals surface area contributed by atoms with Crippen LogP contribution < -0.4 is 0 Å². The van der Waals surface area contributed by atoms with Crippen LogP contribution in [0.15, 0.2) is 33.9 Å². The van der Waals surface area contributed by atoms with E-state index in [1.165, 1.54) is 0 Å². The molecule has 0 fully saturated rings. The average Bonchev–Trinajstić information content (AvgIpc) is 2.05. The first-order valence-corrected chi connectivity index (χ1v) is 4.50. The summed E-state index contributed by atoms with van der Waals surface area (Å²) < 4.78 is 1.05. The fourth-order valence-electron chi connectivity index (χ4n) is 0.922. The van der Waals surface area contributed by atoms with Crippen molar-refractivity contribution in [2.24, 2.45) is 5.11 Å². The van der Waals surface area contributed by atoms with Crippen LogP contribution in [0.25, 0.3) is 0 Å². The van der Waals surface area contributed by atoms with E-state index in [9.17, 15) is 0 Å². The maximum atomic E-state index is 7.01. The third-order valence-corrected chi connectivity index (χ3v) is 2.36. The fraction of sp³-hybridized carbons (Fsp3) is 0.333. The van der Waals surface area contributed by atoms with E-state index in [0.717, 1.165) is 10.0 Å². The topological polar surface area (TPSA) is 36.2 Å². The van der Waals surface area contributed by atoms with Crippen molar-refractivity contribution in [2.45, 2.75) is 19.4 Å². The minimum atomic E-state index is -0.402. The van der Waals surface area contributed by atoms with Gasteiger partial charge in [0.1, 0.15) is 5.54 Å². The molecule has 0 amide bonds. The molecule has 64 valence electrons. The molecule has 1 aromatic carbocycles. The Morgan fingerprint density at radius 2 is 1.75 bits per heavy atom. The Hall–Kier alpha value is -0.700. The third kappa shape index (κ3) is 1.91. The van der Waals surface area contributed by atoms with Crippen molar-refractivity contribution < 1.29 is 0 Å². The fourth-order valence-corrected chi connectivity index (χ4v) is 1.19. The van der Waals surface area contributed by atoms with Gasteiger partial charge in [0, 0.05) is 4.47 Å². The molecular formula is C9H11BrN2. The predicted octanol–water partition coefficient (Wildman–Crippen LogP) is 3.72. The molecule has 12 heavy (non-hydrogen) atoms. The molecule has 0 aliphatic carbocycles. The van der Waals surface area contributed by atoms with Crippen LogP contribution in [0.4, 0.5) is 0 Å². The summed E-state index contributed by atoms with van der Waals surface area (Å²) in [6, 6.07) is 7.87. The van der Waals surface area contributed by atoms with Crippen LogP contribution in [0, 0.1) is 5.53 Å². The van der Waals surface area contributed by atoms with Crippen LogP contribution >= 0.6 is 15.9 Å². The molecule has 1 rings (SSSR count). The molecule has 0 aliphatic rings. The number of rotatable bonds is 2. The lowest BCUT2D eigenvalue weighted by atomic mass is 9.96. The Morgan fingerprint density at radius 1 is 1.25 bits per heavy atom. The zero-order chi connectivity index (χ0) is 9.19. The Kier molecular flexibility index (Phi) is 2.62. The number of hydrogen-bond acceptors (Lipinski definition) is 2. The molecule has 0 spiro atoms. The molecule has 1 aromatic rings. The van der Waals surface area contributed by atoms with Crippen LogP contribution in [0.2, 0.25) is 0 Å². The van der Waals surface area contributed by atoms with Crippen molar-refractivity contribution in [3.8, 4) is 0 Å². The highest BCUT2D eigenvalue weighted by molar-refractivity contribution is 9.10. The maximum Gasteiger partial charge on any atom is 0.101 e. The van der Waals surface area contributed by atoms with Crippen LogP contribution in [0.3, 0.4) is 0 Å². The lowest BCUT2D eigenvalue weighted by Gasteiger charge is -2.17. The van der Waals surface area contributed by atoms with Gasteiger partial charge in [-0.2, -0.15) is 5.11 Å². The molecule has 0 radical (unpaired) electrons. The highest BCUT2D eigenvalue weighted by atomic mass is 79.9. The molecule has 0 aliphatic heterocycles. The van der Waals surface area contributed by atoms with E-state index in [4.69, 9.17) is 5.53 Å². The summed E-state index contributed by atoms with van der Waals surface area (Å²) >= 11 is 3.36. The summed E-state index contributed by atoms with van der Waals surface area (Å²) in [5.41, 5.74) is 7.66. The van der Waals surface area contributed by atoms with Gasteiger partial charge in [-0.05, 0) is 31.5 Å². The van der Waals surface area contributed by atoms with Gasteiger partial charge < -0.3 is 0 Å². The first-order chi connectivity index (χ1) is 5.56. The van der Waals surface area contributed by atoms with Crippen molar-refractivity contribution in [1.82, 2.24) is 0 Å². The molecule has 0 bridgehead atoms. The third-order valence-electron chi connectivity index (χ3n) is 1.83. The summed E-state index contributed by atoms with van der Waals surface area (Å²) in [6.07, 6.45) is 0. The molecule has 0 saturated carbocycles. The molecule has 0 unspecified atom stereocenters. The zero-order valence-corrected chi connectivity index (χ0v) is 8.72. The van der Waals surface area contributed by atoms with Crippen LogP contribution in [-0.4, -0.2) is 0 Å². The molecule has 0 aromatic heterocycles. The summed E-state index contributed by atoms with van der Waals surface area (Å²) in [5.74, 6) is 0. The molecule has 2 nitrogen and oxygen atoms in total. The van der Waals surface area contributed by atoms with Gasteiger partial charge in [0.05, 0.1) is 0 Å². The maximum absolute atomic E-state index is 7.01. The van der Waals surface area contributed by atoms with E-state index in [1.54, 1.807) is 0 Å². The Labute approximate surface area is 80.6 Å². The van der Waals surface area contributed by atoms with Gasteiger partial charge in [0.25, 0.3) is 0 Å². The van der Waals surface area contributed by atoms with E-state index in [2.05, 4.69) is 21.0 Å². The van der Waals surface area contributed by atoms with Crippen LogP contribution in [0.1, 0.15) is 19.4 Å². The van der Waals surface area contributed by atoms with Gasteiger partial charge >= 0.3 is 0 Å². The normalized spacial score (nSPS) is 11.2. The minimum Gasteiger partial charge on any atom is -0.209 e. The van der Waals surface area contributed by atoms with Crippen molar-refractivity contribution in [3.63, 3.8) is 0 Å². The van der Waals surface area contributed by atoms with Crippen LogP contribution in [-0.2, 0) is 5.54 Å². The Balaban J connectivity index is 3.04. The molecule has 0 saturated heterocycles. The van der Waals surface area contributed by atoms with E-state index in [0.29, 0.717) is 0 Å². The smallest absolute Gasteiger partial charge is 0.101 e. The van der Waals surface area contributed by atoms with E-state index in [1.807, 2.05) is 38.1 Å². The second-order valence-electron chi connectivity index (χ2n) is 3.18. The Morgan fingerprint density at radius 3 is 2.17 bits per heavy atom. The van der Waals surface area contributed by atoms with Crippen molar-refractivity contribution >= 4 is 15.9 Å². The first kappa shape index (κ1) is 9.39. The van der Waals surface area contributed by atoms with Gasteiger partial charge in [0.2, 0.25) is 0 Å². The first-order valence-electron chi connectivity index (χ1n) is 3.71. The summed E-state index contributed by atoms with van der Waals surface area (Å²) in [4.78, 5) is 0. The molecular weight excluding hydrogens is 216 g/mol. The Bertz CT molecular complexity index is 277. The largest absolute Gasteiger partial charge is 0.209 e. The van der Waals surface area contributed by atoms with Crippen molar-refractivity contribution in [3.05, 3.63) is 34.3 Å². The number of benzene rings is 1. The van der Waals surface area contributed by atoms with Gasteiger partial charge in [-0.15, -0.1) is 0 Å². The number of nitrogens with one attached hydrogen (secondary N) is 1. The van der Waals surface area contributed by atoms with Crippen molar-refractivity contribution in [2.75, 3.05) is 0 Å². The standard InChI is InChI=1S/C9H11BrN2/c1-9(2,12-11)7-3-5-8(10)6-4-7/h3-6,11H,1-2H3. The number of halogens is 1. The second kappa shape index (κ2) is 3.35. The predicted molar refractivity (Wildman–Crippen MR) is 52.3 cm³/mol.